The van der Waals surface area contributed by atoms with Crippen LogP contribution < -0.4 is 19.6 Å². The SMILES string of the molecule is CC1(C)c2ccccc2-c2ccc(N(c3ccc(-c4ccc(N(c5ccc6c(c5)C(C)(C)c5ccccc5-6)c5ccc6c(c5)C(C)(C)c5ccccc5-6)cc4)cc3)c3ccc4c(c3)C(C)(C)c3ccccc3-4)cc21.CC1(C)c2ccccc2-c2ccc(N(c3ccc(-c4ccc(N(c5ccc6c(c5)C(C)(C)c5ccccc5-6)c5ccc6c(c5)sc5ccccc56)cc4)cc3)c3ccc4ccccc4c3)cc21. The van der Waals surface area contributed by atoms with Gasteiger partial charge in [-0.05, 0) is 318 Å². The second-order valence-electron chi connectivity index (χ2n) is 42.7. The molecule has 0 N–H and O–H groups in total. The van der Waals surface area contributed by atoms with Gasteiger partial charge in [-0.1, -0.05) is 368 Å². The molecule has 20 aromatic carbocycles. The molecule has 0 bridgehead atoms. The maximum atomic E-state index is 2.47. The van der Waals surface area contributed by atoms with Crippen LogP contribution in [-0.4, -0.2) is 0 Å². The van der Waals surface area contributed by atoms with Crippen molar-refractivity contribution in [3.8, 4) is 89.0 Å². The van der Waals surface area contributed by atoms with Crippen molar-refractivity contribution in [2.24, 2.45) is 0 Å². The fourth-order valence-corrected chi connectivity index (χ4v) is 26.3. The van der Waals surface area contributed by atoms with Gasteiger partial charge in [-0.2, -0.15) is 0 Å². The van der Waals surface area contributed by atoms with E-state index >= 15 is 0 Å². The first kappa shape index (κ1) is 85.5. The first-order chi connectivity index (χ1) is 68.4. The van der Waals surface area contributed by atoms with E-state index in [4.69, 9.17) is 0 Å². The minimum atomic E-state index is -0.118. The Morgan fingerprint density at radius 1 is 0.142 bits per heavy atom. The van der Waals surface area contributed by atoms with Gasteiger partial charge in [0.2, 0.25) is 0 Å². The minimum absolute atomic E-state index is 0.100. The van der Waals surface area contributed by atoms with Gasteiger partial charge in [0.1, 0.15) is 0 Å². The Hall–Kier alpha value is -15.9. The number of anilines is 12. The number of hydrogen-bond acceptors (Lipinski definition) is 5. The molecule has 0 saturated heterocycles. The van der Waals surface area contributed by atoms with E-state index in [0.717, 1.165) is 68.2 Å². The molecule has 0 saturated carbocycles. The van der Waals surface area contributed by atoms with E-state index in [1.54, 1.807) is 0 Å². The molecule has 1 heterocycles. The first-order valence-electron chi connectivity index (χ1n) is 49.9. The van der Waals surface area contributed by atoms with Gasteiger partial charge in [-0.25, -0.2) is 0 Å². The van der Waals surface area contributed by atoms with Crippen molar-refractivity contribution >= 4 is 111 Å². The van der Waals surface area contributed by atoms with Crippen LogP contribution in [0.1, 0.15) is 150 Å². The Balaban J connectivity index is 0.000000145. The Labute approximate surface area is 832 Å². The van der Waals surface area contributed by atoms with Gasteiger partial charge >= 0.3 is 0 Å². The number of hydrogen-bond donors (Lipinski definition) is 0. The molecule has 0 unspecified atom stereocenters. The first-order valence-corrected chi connectivity index (χ1v) is 50.7. The van der Waals surface area contributed by atoms with Gasteiger partial charge in [0.15, 0.2) is 0 Å². The zero-order chi connectivity index (χ0) is 95.5. The molecule has 0 radical (unpaired) electrons. The standard InChI is InChI=1S/C72H60N2.C64H48N2S/c1-69(2)61-21-13-9-17-53(61)57-37-33-49(41-65(57)69)73(50-34-38-58-54-18-10-14-22-62(54)70(3,4)66(58)42-50)47-29-25-45(26-30-47)46-27-31-48(32-28-46)74(51-35-39-59-55-19-11-15-23-63(55)71(5,6)67(59)43-51)52-36-40-60-56-20-12-16-24-64(56)72(7,8)68(60)44-52;1-63(2)57-18-10-7-15-51(57)53-34-31-48(38-59(53)63)65(47-30-25-41-13-5-6-14-44(41)37-47)45-26-21-42(22-27-45)43-23-28-46(29-24-43)66(50-33-36-56-55-17-9-12-20-61(55)67-62(56)40-50)49-32-35-54-52-16-8-11-19-58(52)64(3,4)60(54)39-49/h9-44H,1-8H3;5-40H,1-4H3. The Morgan fingerprint density at radius 2 is 0.340 bits per heavy atom. The van der Waals surface area contributed by atoms with Crippen LogP contribution in [0.5, 0.6) is 0 Å². The van der Waals surface area contributed by atoms with E-state index in [2.05, 4.69) is 539 Å². The molecule has 21 aromatic rings. The van der Waals surface area contributed by atoms with Crippen molar-refractivity contribution < 1.29 is 0 Å². The van der Waals surface area contributed by atoms with Crippen molar-refractivity contribution in [1.82, 2.24) is 0 Å². The van der Waals surface area contributed by atoms with Gasteiger partial charge in [0.05, 0.1) is 0 Å². The third kappa shape index (κ3) is 13.4. The summed E-state index contributed by atoms with van der Waals surface area (Å²) in [6.45, 7) is 28.4. The van der Waals surface area contributed by atoms with Gasteiger partial charge in [0.25, 0.3) is 0 Å². The lowest BCUT2D eigenvalue weighted by atomic mass is 9.82. The van der Waals surface area contributed by atoms with Gasteiger partial charge < -0.3 is 19.6 Å². The van der Waals surface area contributed by atoms with Crippen molar-refractivity contribution in [2.75, 3.05) is 19.6 Å². The molecule has 4 nitrogen and oxygen atoms in total. The number of benzene rings is 20. The van der Waals surface area contributed by atoms with Crippen LogP contribution in [0.2, 0.25) is 0 Å². The molecular formula is C136H108N4S. The second kappa shape index (κ2) is 31.8. The van der Waals surface area contributed by atoms with Crippen LogP contribution in [-0.2, 0) is 32.5 Å². The lowest BCUT2D eigenvalue weighted by molar-refractivity contribution is 0.659. The molecule has 6 aliphatic carbocycles. The lowest BCUT2D eigenvalue weighted by Crippen LogP contribution is -2.18. The summed E-state index contributed by atoms with van der Waals surface area (Å²) >= 11 is 1.87. The van der Waals surface area contributed by atoms with E-state index in [0.29, 0.717) is 0 Å². The monoisotopic (exact) mass is 1830 g/mol. The highest BCUT2D eigenvalue weighted by Crippen LogP contribution is 2.60. The Kier molecular flexibility index (Phi) is 19.3. The summed E-state index contributed by atoms with van der Waals surface area (Å²) in [5.41, 5.74) is 50.3. The summed E-state index contributed by atoms with van der Waals surface area (Å²) in [5.74, 6) is 0. The number of fused-ring (bicyclic) bond motifs is 22. The molecule has 0 aliphatic heterocycles. The Bertz CT molecular complexity index is 8260. The molecule has 0 fully saturated rings. The zero-order valence-corrected chi connectivity index (χ0v) is 82.6. The van der Waals surface area contributed by atoms with Crippen molar-refractivity contribution in [2.45, 2.75) is 116 Å². The van der Waals surface area contributed by atoms with Crippen LogP contribution in [0.25, 0.3) is 120 Å². The molecule has 6 aliphatic rings. The maximum Gasteiger partial charge on any atom is 0.0476 e. The summed E-state index contributed by atoms with van der Waals surface area (Å²) < 4.78 is 2.61. The number of thiophene rings is 1. The van der Waals surface area contributed by atoms with E-state index in [1.807, 2.05) is 11.3 Å². The van der Waals surface area contributed by atoms with Crippen LogP contribution in [0.3, 0.4) is 0 Å². The molecule has 5 heteroatoms. The normalized spacial score (nSPS) is 14.9. The largest absolute Gasteiger partial charge is 0.310 e. The predicted octanol–water partition coefficient (Wildman–Crippen LogP) is 37.9. The summed E-state index contributed by atoms with van der Waals surface area (Å²) in [6, 6.07) is 164. The van der Waals surface area contributed by atoms with Gasteiger partial charge in [0, 0.05) is 121 Å². The smallest absolute Gasteiger partial charge is 0.0476 e. The number of rotatable bonds is 14. The van der Waals surface area contributed by atoms with Crippen LogP contribution in [0, 0.1) is 0 Å². The molecular weight excluding hydrogens is 1720 g/mol. The van der Waals surface area contributed by atoms with E-state index < -0.39 is 0 Å². The fraction of sp³-hybridized carbons (Fsp3) is 0.132. The highest BCUT2D eigenvalue weighted by atomic mass is 32.1. The van der Waals surface area contributed by atoms with Gasteiger partial charge in [-0.15, -0.1) is 11.3 Å². The molecule has 678 valence electrons. The lowest BCUT2D eigenvalue weighted by Gasteiger charge is -2.30. The quantitative estimate of drug-likeness (QED) is 0.108. The molecule has 141 heavy (non-hydrogen) atoms. The number of nitrogens with zero attached hydrogens (tertiary/aromatic N) is 4. The highest BCUT2D eigenvalue weighted by Gasteiger charge is 2.43. The predicted molar refractivity (Wildman–Crippen MR) is 598 cm³/mol. The molecule has 0 spiro atoms. The fourth-order valence-electron chi connectivity index (χ4n) is 25.2. The van der Waals surface area contributed by atoms with E-state index in [1.165, 1.54) is 187 Å². The van der Waals surface area contributed by atoms with Crippen molar-refractivity contribution in [3.63, 3.8) is 0 Å². The van der Waals surface area contributed by atoms with E-state index in [-0.39, 0.29) is 32.5 Å². The summed E-state index contributed by atoms with van der Waals surface area (Å²) in [5, 5.41) is 5.08. The topological polar surface area (TPSA) is 13.0 Å². The summed E-state index contributed by atoms with van der Waals surface area (Å²) in [4.78, 5) is 9.79. The molecule has 0 amide bonds. The van der Waals surface area contributed by atoms with E-state index in [9.17, 15) is 0 Å². The Morgan fingerprint density at radius 3 is 0.624 bits per heavy atom. The van der Waals surface area contributed by atoms with Crippen molar-refractivity contribution in [3.05, 3.63) is 504 Å². The van der Waals surface area contributed by atoms with Crippen LogP contribution in [0.15, 0.2) is 437 Å². The summed E-state index contributed by atoms with van der Waals surface area (Å²) in [7, 11) is 0. The third-order valence-electron chi connectivity index (χ3n) is 32.7. The average molecular weight is 1830 g/mol. The zero-order valence-electron chi connectivity index (χ0n) is 81.8. The second-order valence-corrected chi connectivity index (χ2v) is 43.8. The van der Waals surface area contributed by atoms with Crippen LogP contribution >= 0.6 is 11.3 Å². The third-order valence-corrected chi connectivity index (χ3v) is 33.9. The van der Waals surface area contributed by atoms with Crippen LogP contribution in [0.4, 0.5) is 68.2 Å². The maximum absolute atomic E-state index is 2.47. The minimum Gasteiger partial charge on any atom is -0.310 e. The molecule has 0 atom stereocenters. The molecule has 27 rings (SSSR count). The van der Waals surface area contributed by atoms with Crippen molar-refractivity contribution in [1.29, 1.82) is 0 Å². The highest BCUT2D eigenvalue weighted by molar-refractivity contribution is 7.25. The summed E-state index contributed by atoms with van der Waals surface area (Å²) in [6.07, 6.45) is 0. The van der Waals surface area contributed by atoms with Gasteiger partial charge in [-0.3, -0.25) is 0 Å². The average Bonchev–Trinajstić information content (AvgIpc) is 1.57. The molecule has 1 aromatic heterocycles.